The van der Waals surface area contributed by atoms with E-state index in [1.807, 2.05) is 67.6 Å². The Kier molecular flexibility index (Phi) is 4.33. The van der Waals surface area contributed by atoms with Crippen molar-refractivity contribution in [2.75, 3.05) is 0 Å². The van der Waals surface area contributed by atoms with Crippen LogP contribution in [0.15, 0.2) is 72.8 Å². The molecule has 2 heterocycles. The number of rotatable bonds is 4. The minimum Gasteiger partial charge on any atom is -0.455 e. The van der Waals surface area contributed by atoms with Crippen LogP contribution in [-0.4, -0.2) is 20.5 Å². The lowest BCUT2D eigenvalue weighted by molar-refractivity contribution is 0.0473. The molecule has 0 aliphatic carbocycles. The fraction of sp³-hybridized carbons (Fsp3) is 0.0870. The quantitative estimate of drug-likeness (QED) is 0.385. The van der Waals surface area contributed by atoms with Gasteiger partial charge in [0.25, 0.3) is 0 Å². The highest BCUT2D eigenvalue weighted by Gasteiger charge is 2.14. The van der Waals surface area contributed by atoms with Crippen LogP contribution in [0.5, 0.6) is 0 Å². The number of carbonyl (C=O) groups is 1. The van der Waals surface area contributed by atoms with Crippen LogP contribution in [0.3, 0.4) is 0 Å². The maximum Gasteiger partial charge on any atom is 0.338 e. The number of imidazole rings is 1. The van der Waals surface area contributed by atoms with E-state index in [1.54, 1.807) is 12.1 Å². The molecule has 0 atom stereocenters. The fourth-order valence-electron chi connectivity index (χ4n) is 3.42. The Morgan fingerprint density at radius 3 is 2.59 bits per heavy atom. The van der Waals surface area contributed by atoms with Crippen LogP contribution < -0.4 is 0 Å². The maximum absolute atomic E-state index is 12.6. The number of esters is 1. The summed E-state index contributed by atoms with van der Waals surface area (Å²) in [5.74, 6) is 0.490. The van der Waals surface area contributed by atoms with Crippen LogP contribution in [-0.2, 0) is 11.3 Å². The zero-order valence-electron chi connectivity index (χ0n) is 15.7. The van der Waals surface area contributed by atoms with Gasteiger partial charge in [0.05, 0.1) is 26.8 Å². The van der Waals surface area contributed by atoms with Gasteiger partial charge in [0.15, 0.2) is 0 Å². The Labute approximate surface area is 171 Å². The molecule has 0 radical (unpaired) electrons. The second-order valence-electron chi connectivity index (χ2n) is 6.68. The smallest absolute Gasteiger partial charge is 0.338 e. The number of aryl methyl sites for hydroxylation is 1. The number of hydrogen-bond donors (Lipinski definition) is 0. The molecule has 3 aromatic carbocycles. The second kappa shape index (κ2) is 7.14. The Morgan fingerprint density at radius 1 is 0.966 bits per heavy atom. The molecule has 2 aromatic heterocycles. The highest BCUT2D eigenvalue weighted by atomic mass is 32.1. The lowest BCUT2D eigenvalue weighted by atomic mass is 10.2. The monoisotopic (exact) mass is 399 g/mol. The third kappa shape index (κ3) is 3.28. The normalized spacial score (nSPS) is 11.2. The lowest BCUT2D eigenvalue weighted by Crippen LogP contribution is -2.05. The standard InChI is InChI=1S/C23H17N3O2S/c1-15-24-19-13-16(11-12-20(19)26(15)17-7-3-2-4-8-17)23(27)28-14-22-25-18-9-5-6-10-21(18)29-22/h2-13H,14H2,1H3. The summed E-state index contributed by atoms with van der Waals surface area (Å²) < 4.78 is 8.65. The van der Waals surface area contributed by atoms with E-state index in [0.29, 0.717) is 5.56 Å². The van der Waals surface area contributed by atoms with Crippen LogP contribution in [0, 0.1) is 6.92 Å². The molecule has 0 bridgehead atoms. The molecule has 142 valence electrons. The minimum absolute atomic E-state index is 0.160. The van der Waals surface area contributed by atoms with Crippen LogP contribution >= 0.6 is 11.3 Å². The van der Waals surface area contributed by atoms with E-state index < -0.39 is 0 Å². The molecule has 0 fully saturated rings. The van der Waals surface area contributed by atoms with Crippen molar-refractivity contribution in [3.63, 3.8) is 0 Å². The molecule has 0 amide bonds. The zero-order chi connectivity index (χ0) is 19.8. The largest absolute Gasteiger partial charge is 0.455 e. The fourth-order valence-corrected chi connectivity index (χ4v) is 4.30. The molecule has 0 saturated carbocycles. The third-order valence-electron chi connectivity index (χ3n) is 4.74. The highest BCUT2D eigenvalue weighted by molar-refractivity contribution is 7.18. The number of carbonyl (C=O) groups excluding carboxylic acids is 1. The van der Waals surface area contributed by atoms with Crippen molar-refractivity contribution in [2.45, 2.75) is 13.5 Å². The molecule has 0 N–H and O–H groups in total. The highest BCUT2D eigenvalue weighted by Crippen LogP contribution is 2.24. The predicted molar refractivity (Wildman–Crippen MR) is 115 cm³/mol. The Bertz CT molecular complexity index is 1310. The van der Waals surface area contributed by atoms with E-state index >= 15 is 0 Å². The molecular weight excluding hydrogens is 382 g/mol. The van der Waals surface area contributed by atoms with Crippen molar-refractivity contribution in [3.05, 3.63) is 89.2 Å². The van der Waals surface area contributed by atoms with E-state index in [4.69, 9.17) is 4.74 Å². The molecule has 0 spiro atoms. The lowest BCUT2D eigenvalue weighted by Gasteiger charge is -2.07. The third-order valence-corrected chi connectivity index (χ3v) is 5.75. The molecule has 0 unspecified atom stereocenters. The summed E-state index contributed by atoms with van der Waals surface area (Å²) in [5.41, 5.74) is 4.17. The van der Waals surface area contributed by atoms with Gasteiger partial charge in [-0.05, 0) is 49.4 Å². The number of hydrogen-bond acceptors (Lipinski definition) is 5. The van der Waals surface area contributed by atoms with Gasteiger partial charge < -0.3 is 4.74 Å². The van der Waals surface area contributed by atoms with Crippen molar-refractivity contribution < 1.29 is 9.53 Å². The van der Waals surface area contributed by atoms with Crippen molar-refractivity contribution in [1.82, 2.24) is 14.5 Å². The van der Waals surface area contributed by atoms with Gasteiger partial charge in [-0.25, -0.2) is 14.8 Å². The molecule has 29 heavy (non-hydrogen) atoms. The summed E-state index contributed by atoms with van der Waals surface area (Å²) in [7, 11) is 0. The van der Waals surface area contributed by atoms with Crippen LogP contribution in [0.2, 0.25) is 0 Å². The van der Waals surface area contributed by atoms with Crippen LogP contribution in [0.1, 0.15) is 21.2 Å². The Hall–Kier alpha value is -3.51. The van der Waals surface area contributed by atoms with Crippen LogP contribution in [0.25, 0.3) is 26.9 Å². The van der Waals surface area contributed by atoms with Crippen molar-refractivity contribution in [2.24, 2.45) is 0 Å². The predicted octanol–water partition coefficient (Wildman–Crippen LogP) is 5.30. The topological polar surface area (TPSA) is 57.0 Å². The first-order valence-corrected chi connectivity index (χ1v) is 10.1. The molecule has 6 heteroatoms. The second-order valence-corrected chi connectivity index (χ2v) is 7.80. The molecule has 5 rings (SSSR count). The number of aromatic nitrogens is 3. The van der Waals surface area contributed by atoms with Gasteiger partial charge in [-0.2, -0.15) is 0 Å². The van der Waals surface area contributed by atoms with Crippen molar-refractivity contribution in [1.29, 1.82) is 0 Å². The first-order chi connectivity index (χ1) is 14.2. The molecule has 0 saturated heterocycles. The summed E-state index contributed by atoms with van der Waals surface area (Å²) in [6, 6.07) is 23.4. The number of ether oxygens (including phenoxy) is 1. The van der Waals surface area contributed by atoms with E-state index in [-0.39, 0.29) is 12.6 Å². The molecule has 0 aliphatic rings. The van der Waals surface area contributed by atoms with Gasteiger partial charge in [0.2, 0.25) is 0 Å². The summed E-state index contributed by atoms with van der Waals surface area (Å²) in [6.45, 7) is 2.12. The first kappa shape index (κ1) is 17.6. The number of benzene rings is 3. The van der Waals surface area contributed by atoms with Crippen LogP contribution in [0.4, 0.5) is 0 Å². The van der Waals surface area contributed by atoms with E-state index in [1.165, 1.54) is 11.3 Å². The Balaban J connectivity index is 1.39. The van der Waals surface area contributed by atoms with Gasteiger partial charge in [-0.1, -0.05) is 30.3 Å². The summed E-state index contributed by atoms with van der Waals surface area (Å²) in [6.07, 6.45) is 0. The van der Waals surface area contributed by atoms with Gasteiger partial charge in [0, 0.05) is 5.69 Å². The molecule has 5 aromatic rings. The van der Waals surface area contributed by atoms with E-state index in [9.17, 15) is 4.79 Å². The number of para-hydroxylation sites is 2. The molecule has 5 nitrogen and oxygen atoms in total. The average Bonchev–Trinajstić information content (AvgIpc) is 3.31. The summed E-state index contributed by atoms with van der Waals surface area (Å²) in [4.78, 5) is 21.7. The SMILES string of the molecule is Cc1nc2cc(C(=O)OCc3nc4ccccc4s3)ccc2n1-c1ccccc1. The van der Waals surface area contributed by atoms with E-state index in [2.05, 4.69) is 14.5 Å². The average molecular weight is 399 g/mol. The van der Waals surface area contributed by atoms with E-state index in [0.717, 1.165) is 37.8 Å². The number of nitrogens with zero attached hydrogens (tertiary/aromatic N) is 3. The van der Waals surface area contributed by atoms with Crippen molar-refractivity contribution >= 4 is 38.6 Å². The van der Waals surface area contributed by atoms with Gasteiger partial charge in [-0.3, -0.25) is 4.57 Å². The Morgan fingerprint density at radius 2 is 1.76 bits per heavy atom. The summed E-state index contributed by atoms with van der Waals surface area (Å²) >= 11 is 1.54. The minimum atomic E-state index is -0.377. The van der Waals surface area contributed by atoms with Gasteiger partial charge in [-0.15, -0.1) is 11.3 Å². The number of fused-ring (bicyclic) bond motifs is 2. The zero-order valence-corrected chi connectivity index (χ0v) is 16.5. The molecular formula is C23H17N3O2S. The maximum atomic E-state index is 12.6. The molecule has 0 aliphatic heterocycles. The number of thiazole rings is 1. The van der Waals surface area contributed by atoms with Gasteiger partial charge >= 0.3 is 5.97 Å². The first-order valence-electron chi connectivity index (χ1n) is 9.25. The van der Waals surface area contributed by atoms with Crippen molar-refractivity contribution in [3.8, 4) is 5.69 Å². The summed E-state index contributed by atoms with van der Waals surface area (Å²) in [5, 5.41) is 0.782. The van der Waals surface area contributed by atoms with Gasteiger partial charge in [0.1, 0.15) is 17.4 Å².